The van der Waals surface area contributed by atoms with E-state index in [4.69, 9.17) is 0 Å². The Bertz CT molecular complexity index is 343. The number of urea groups is 1. The molecule has 2 atom stereocenters. The minimum absolute atomic E-state index is 0.0993. The molecule has 0 bridgehead atoms. The number of hydrogen-bond donors (Lipinski definition) is 2. The molecule has 2 heterocycles. The van der Waals surface area contributed by atoms with Crippen LogP contribution in [0.2, 0.25) is 0 Å². The molecule has 0 aromatic rings. The van der Waals surface area contributed by atoms with Crippen LogP contribution in [0.15, 0.2) is 16.3 Å². The first-order chi connectivity index (χ1) is 6.59. The van der Waals surface area contributed by atoms with E-state index in [1.165, 1.54) is 0 Å². The normalized spacial score (nSPS) is 31.6. The molecule has 14 heavy (non-hydrogen) atoms. The van der Waals surface area contributed by atoms with Crippen molar-refractivity contribution in [3.05, 3.63) is 11.3 Å². The first-order valence-corrected chi connectivity index (χ1v) is 4.89. The zero-order chi connectivity index (χ0) is 10.3. The maximum Gasteiger partial charge on any atom is 0.319 e. The molecule has 4 heteroatoms. The maximum atomic E-state index is 11.3. The monoisotopic (exact) mass is 193 g/mol. The van der Waals surface area contributed by atoms with Crippen LogP contribution in [0.1, 0.15) is 20.8 Å². The van der Waals surface area contributed by atoms with Crippen LogP contribution < -0.4 is 10.6 Å². The van der Waals surface area contributed by atoms with Gasteiger partial charge in [-0.1, -0.05) is 6.92 Å². The van der Waals surface area contributed by atoms with Gasteiger partial charge in [0.25, 0.3) is 0 Å². The average molecular weight is 193 g/mol. The molecular weight excluding hydrogens is 178 g/mol. The third-order valence-corrected chi connectivity index (χ3v) is 2.88. The van der Waals surface area contributed by atoms with Crippen molar-refractivity contribution in [2.75, 3.05) is 6.54 Å². The van der Waals surface area contributed by atoms with E-state index < -0.39 is 0 Å². The van der Waals surface area contributed by atoms with Gasteiger partial charge in [0, 0.05) is 29.4 Å². The van der Waals surface area contributed by atoms with E-state index in [2.05, 4.69) is 22.5 Å². The fourth-order valence-electron chi connectivity index (χ4n) is 2.12. The summed E-state index contributed by atoms with van der Waals surface area (Å²) in [5, 5.41) is 5.72. The lowest BCUT2D eigenvalue weighted by Crippen LogP contribution is -2.54. The van der Waals surface area contributed by atoms with Crippen molar-refractivity contribution < 1.29 is 4.79 Å². The summed E-state index contributed by atoms with van der Waals surface area (Å²) in [5.41, 5.74) is 3.13. The molecule has 0 spiro atoms. The molecule has 2 unspecified atom stereocenters. The van der Waals surface area contributed by atoms with E-state index in [0.717, 1.165) is 23.5 Å². The van der Waals surface area contributed by atoms with Gasteiger partial charge in [-0.25, -0.2) is 4.79 Å². The van der Waals surface area contributed by atoms with Gasteiger partial charge in [-0.2, -0.15) is 0 Å². The zero-order valence-corrected chi connectivity index (χ0v) is 8.72. The standard InChI is InChI=1S/C10H15N3O/c1-5-4-11-6(2)8-7(3)12-10(14)13-9(5)8/h5,9H,4H2,1-3H3,(H2,12,13,14). The van der Waals surface area contributed by atoms with Crippen LogP contribution >= 0.6 is 0 Å². The summed E-state index contributed by atoms with van der Waals surface area (Å²) in [5.74, 6) is 0.384. The Hall–Kier alpha value is -1.32. The quantitative estimate of drug-likeness (QED) is 0.593. The SMILES string of the molecule is CC1=NCC(C)C2NC(=O)NC(C)=C12. The number of rotatable bonds is 0. The van der Waals surface area contributed by atoms with Crippen LogP contribution in [0.5, 0.6) is 0 Å². The number of amides is 2. The number of nitrogens with zero attached hydrogens (tertiary/aromatic N) is 1. The van der Waals surface area contributed by atoms with Crippen LogP contribution in [0.4, 0.5) is 4.79 Å². The molecular formula is C10H15N3O. The molecule has 0 saturated heterocycles. The summed E-state index contributed by atoms with van der Waals surface area (Å²) < 4.78 is 0. The third-order valence-electron chi connectivity index (χ3n) is 2.88. The van der Waals surface area contributed by atoms with Gasteiger partial charge in [0.15, 0.2) is 0 Å². The first-order valence-electron chi connectivity index (χ1n) is 4.89. The largest absolute Gasteiger partial charge is 0.331 e. The van der Waals surface area contributed by atoms with Crippen LogP contribution in [-0.2, 0) is 0 Å². The molecule has 4 nitrogen and oxygen atoms in total. The predicted octanol–water partition coefficient (Wildman–Crippen LogP) is 1.05. The Morgan fingerprint density at radius 1 is 1.43 bits per heavy atom. The van der Waals surface area contributed by atoms with E-state index in [-0.39, 0.29) is 12.1 Å². The van der Waals surface area contributed by atoms with Gasteiger partial charge < -0.3 is 10.6 Å². The number of allylic oxidation sites excluding steroid dienone is 1. The second-order valence-corrected chi connectivity index (χ2v) is 4.02. The summed E-state index contributed by atoms with van der Waals surface area (Å²) in [7, 11) is 0. The fourth-order valence-corrected chi connectivity index (χ4v) is 2.12. The highest BCUT2D eigenvalue weighted by atomic mass is 16.2. The van der Waals surface area contributed by atoms with Crippen molar-refractivity contribution in [2.24, 2.45) is 10.9 Å². The van der Waals surface area contributed by atoms with Crippen LogP contribution in [-0.4, -0.2) is 24.3 Å². The molecule has 0 aromatic heterocycles. The number of fused-ring (bicyclic) bond motifs is 1. The number of carbonyl (C=O) groups excluding carboxylic acids is 1. The van der Waals surface area contributed by atoms with Crippen molar-refractivity contribution >= 4 is 11.7 Å². The number of hydrogen-bond acceptors (Lipinski definition) is 2. The third kappa shape index (κ3) is 1.31. The summed E-state index contributed by atoms with van der Waals surface area (Å²) in [6.07, 6.45) is 0. The molecule has 0 aliphatic carbocycles. The van der Waals surface area contributed by atoms with Crippen molar-refractivity contribution in [1.82, 2.24) is 10.6 Å². The summed E-state index contributed by atoms with van der Waals surface area (Å²) in [4.78, 5) is 15.7. The maximum absolute atomic E-state index is 11.3. The molecule has 2 amide bonds. The fraction of sp³-hybridized carbons (Fsp3) is 0.600. The molecule has 0 fully saturated rings. The summed E-state index contributed by atoms with van der Waals surface area (Å²) >= 11 is 0. The van der Waals surface area contributed by atoms with Crippen LogP contribution in [0.3, 0.4) is 0 Å². The lowest BCUT2D eigenvalue weighted by atomic mass is 9.86. The smallest absolute Gasteiger partial charge is 0.319 e. The molecule has 2 rings (SSSR count). The van der Waals surface area contributed by atoms with Gasteiger partial charge in [0.05, 0.1) is 6.04 Å². The molecule has 2 aliphatic heterocycles. The van der Waals surface area contributed by atoms with E-state index in [1.807, 2.05) is 13.8 Å². The van der Waals surface area contributed by atoms with Crippen molar-refractivity contribution in [3.8, 4) is 0 Å². The van der Waals surface area contributed by atoms with Gasteiger partial charge >= 0.3 is 6.03 Å². The molecule has 2 aliphatic rings. The van der Waals surface area contributed by atoms with Crippen molar-refractivity contribution in [3.63, 3.8) is 0 Å². The highest BCUT2D eigenvalue weighted by molar-refractivity contribution is 6.02. The number of nitrogens with one attached hydrogen (secondary N) is 2. The highest BCUT2D eigenvalue weighted by Gasteiger charge is 2.33. The lowest BCUT2D eigenvalue weighted by Gasteiger charge is -2.35. The van der Waals surface area contributed by atoms with Gasteiger partial charge in [-0.15, -0.1) is 0 Å². The minimum atomic E-state index is -0.0993. The second kappa shape index (κ2) is 3.12. The van der Waals surface area contributed by atoms with Gasteiger partial charge in [0.1, 0.15) is 0 Å². The van der Waals surface area contributed by atoms with Crippen molar-refractivity contribution in [2.45, 2.75) is 26.8 Å². The van der Waals surface area contributed by atoms with Gasteiger partial charge in [-0.3, -0.25) is 4.99 Å². The van der Waals surface area contributed by atoms with E-state index >= 15 is 0 Å². The Morgan fingerprint density at radius 2 is 2.14 bits per heavy atom. The Balaban J connectivity index is 2.45. The second-order valence-electron chi connectivity index (χ2n) is 4.02. The Kier molecular flexibility index (Phi) is 2.06. The number of carbonyl (C=O) groups is 1. The van der Waals surface area contributed by atoms with Gasteiger partial charge in [-0.05, 0) is 13.8 Å². The molecule has 0 saturated carbocycles. The van der Waals surface area contributed by atoms with Crippen molar-refractivity contribution in [1.29, 1.82) is 0 Å². The molecule has 76 valence electrons. The lowest BCUT2D eigenvalue weighted by molar-refractivity contribution is 0.234. The summed E-state index contributed by atoms with van der Waals surface area (Å²) in [6, 6.07) is 0.0408. The predicted molar refractivity (Wildman–Crippen MR) is 55.3 cm³/mol. The summed E-state index contributed by atoms with van der Waals surface area (Å²) in [6.45, 7) is 6.84. The minimum Gasteiger partial charge on any atom is -0.331 e. The number of aliphatic imine (C=N–C) groups is 1. The first kappa shape index (κ1) is 9.24. The van der Waals surface area contributed by atoms with E-state index in [1.54, 1.807) is 0 Å². The van der Waals surface area contributed by atoms with E-state index in [9.17, 15) is 4.79 Å². The molecule has 2 N–H and O–H groups in total. The molecule has 0 aromatic carbocycles. The Labute approximate surface area is 83.5 Å². The van der Waals surface area contributed by atoms with Crippen LogP contribution in [0, 0.1) is 5.92 Å². The highest BCUT2D eigenvalue weighted by Crippen LogP contribution is 2.24. The van der Waals surface area contributed by atoms with Gasteiger partial charge in [0.2, 0.25) is 0 Å². The van der Waals surface area contributed by atoms with Crippen LogP contribution in [0.25, 0.3) is 0 Å². The van der Waals surface area contributed by atoms with E-state index in [0.29, 0.717) is 5.92 Å². The topological polar surface area (TPSA) is 53.5 Å². The average Bonchev–Trinajstić information content (AvgIpc) is 2.10. The Morgan fingerprint density at radius 3 is 2.86 bits per heavy atom. The molecule has 0 radical (unpaired) electrons. The zero-order valence-electron chi connectivity index (χ0n) is 8.72.